The van der Waals surface area contributed by atoms with Crippen LogP contribution >= 0.6 is 11.3 Å². The first-order valence-electron chi connectivity index (χ1n) is 8.50. The van der Waals surface area contributed by atoms with Crippen LogP contribution in [0.25, 0.3) is 10.4 Å². The largest absolute Gasteiger partial charge is 0.433 e. The standard InChI is InChI=1S/C18H16F3N5OS/c19-18(20,21)14-2-5-23-16(26-14)25-12-7-10(6-11(22)8-12)13-9-24-15(28-13)17(27)3-1-4-17/h2,5-9,27H,1,3-4,22H2,(H,23,25,26). The van der Waals surface area contributed by atoms with Gasteiger partial charge in [0.2, 0.25) is 5.95 Å². The Hall–Kier alpha value is -2.72. The van der Waals surface area contributed by atoms with Crippen LogP contribution in [0.5, 0.6) is 0 Å². The maximum Gasteiger partial charge on any atom is 0.433 e. The zero-order valence-corrected chi connectivity index (χ0v) is 15.3. The van der Waals surface area contributed by atoms with Crippen LogP contribution in [-0.4, -0.2) is 20.1 Å². The summed E-state index contributed by atoms with van der Waals surface area (Å²) in [6.45, 7) is 0. The molecule has 2 aromatic heterocycles. The number of rotatable bonds is 4. The summed E-state index contributed by atoms with van der Waals surface area (Å²) in [6.07, 6.45) is 0.499. The molecule has 4 rings (SSSR count). The fourth-order valence-corrected chi connectivity index (χ4v) is 3.97. The number of hydrogen-bond donors (Lipinski definition) is 3. The number of hydrogen-bond acceptors (Lipinski definition) is 7. The van der Waals surface area contributed by atoms with Gasteiger partial charge in [0.05, 0.1) is 4.88 Å². The van der Waals surface area contributed by atoms with E-state index in [1.807, 2.05) is 0 Å². The van der Waals surface area contributed by atoms with Gasteiger partial charge in [-0.3, -0.25) is 0 Å². The highest BCUT2D eigenvalue weighted by Gasteiger charge is 2.39. The van der Waals surface area contributed by atoms with Gasteiger partial charge in [0.1, 0.15) is 16.3 Å². The highest BCUT2D eigenvalue weighted by atomic mass is 32.1. The molecule has 28 heavy (non-hydrogen) atoms. The van der Waals surface area contributed by atoms with Crippen LogP contribution in [0.15, 0.2) is 36.7 Å². The Balaban J connectivity index is 1.61. The average molecular weight is 407 g/mol. The van der Waals surface area contributed by atoms with Crippen molar-refractivity contribution >= 4 is 28.7 Å². The zero-order valence-electron chi connectivity index (χ0n) is 14.5. The van der Waals surface area contributed by atoms with E-state index in [9.17, 15) is 18.3 Å². The van der Waals surface area contributed by atoms with E-state index in [2.05, 4.69) is 20.3 Å². The second-order valence-corrected chi connectivity index (χ2v) is 7.68. The number of anilines is 3. The van der Waals surface area contributed by atoms with Crippen molar-refractivity contribution in [2.24, 2.45) is 0 Å². The molecule has 1 aliphatic carbocycles. The minimum absolute atomic E-state index is 0.180. The van der Waals surface area contributed by atoms with Crippen molar-refractivity contribution in [1.29, 1.82) is 0 Å². The van der Waals surface area contributed by atoms with Crippen molar-refractivity contribution in [1.82, 2.24) is 15.0 Å². The molecule has 1 aromatic carbocycles. The maximum absolute atomic E-state index is 12.8. The molecular formula is C18H16F3N5OS. The van der Waals surface area contributed by atoms with Crippen molar-refractivity contribution in [3.63, 3.8) is 0 Å². The van der Waals surface area contributed by atoms with Crippen LogP contribution < -0.4 is 11.1 Å². The van der Waals surface area contributed by atoms with Gasteiger partial charge in [-0.2, -0.15) is 13.2 Å². The lowest BCUT2D eigenvalue weighted by Gasteiger charge is -2.34. The molecular weight excluding hydrogens is 391 g/mol. The van der Waals surface area contributed by atoms with Gasteiger partial charge in [-0.25, -0.2) is 15.0 Å². The first kappa shape index (κ1) is 18.6. The minimum atomic E-state index is -4.55. The van der Waals surface area contributed by atoms with E-state index in [0.717, 1.165) is 29.1 Å². The zero-order chi connectivity index (χ0) is 19.9. The highest BCUT2D eigenvalue weighted by Crippen LogP contribution is 2.44. The Morgan fingerprint density at radius 3 is 2.64 bits per heavy atom. The van der Waals surface area contributed by atoms with E-state index < -0.39 is 17.5 Å². The van der Waals surface area contributed by atoms with Crippen molar-refractivity contribution in [3.05, 3.63) is 47.4 Å². The Labute approximate surface area is 162 Å². The van der Waals surface area contributed by atoms with Crippen LogP contribution in [0, 0.1) is 0 Å². The lowest BCUT2D eigenvalue weighted by molar-refractivity contribution is -0.141. The molecule has 6 nitrogen and oxygen atoms in total. The van der Waals surface area contributed by atoms with Gasteiger partial charge >= 0.3 is 6.18 Å². The topological polar surface area (TPSA) is 97.0 Å². The molecule has 0 unspecified atom stereocenters. The smallest absolute Gasteiger partial charge is 0.399 e. The molecule has 0 bridgehead atoms. The highest BCUT2D eigenvalue weighted by molar-refractivity contribution is 7.15. The first-order chi connectivity index (χ1) is 13.2. The number of aliphatic hydroxyl groups is 1. The normalized spacial score (nSPS) is 15.9. The third-order valence-corrected chi connectivity index (χ3v) is 5.77. The fraction of sp³-hybridized carbons (Fsp3) is 0.278. The summed E-state index contributed by atoms with van der Waals surface area (Å²) in [4.78, 5) is 12.5. The Morgan fingerprint density at radius 1 is 1.18 bits per heavy atom. The molecule has 0 aliphatic heterocycles. The maximum atomic E-state index is 12.8. The van der Waals surface area contributed by atoms with Gasteiger partial charge < -0.3 is 16.2 Å². The number of alkyl halides is 3. The van der Waals surface area contributed by atoms with Crippen LogP contribution in [0.2, 0.25) is 0 Å². The summed E-state index contributed by atoms with van der Waals surface area (Å²) >= 11 is 1.37. The molecule has 0 atom stereocenters. The van der Waals surface area contributed by atoms with Crippen molar-refractivity contribution in [2.45, 2.75) is 31.0 Å². The van der Waals surface area contributed by atoms with Gasteiger partial charge in [-0.1, -0.05) is 0 Å². The number of nitrogens with two attached hydrogens (primary N) is 1. The Bertz CT molecular complexity index is 1020. The molecule has 0 amide bonds. The molecule has 146 valence electrons. The predicted octanol–water partition coefficient (Wildman–Crippen LogP) is 4.32. The monoisotopic (exact) mass is 407 g/mol. The molecule has 3 aromatic rings. The van der Waals surface area contributed by atoms with Gasteiger partial charge in [-0.15, -0.1) is 11.3 Å². The van der Waals surface area contributed by atoms with Gasteiger partial charge in [-0.05, 0) is 49.1 Å². The third kappa shape index (κ3) is 3.65. The third-order valence-electron chi connectivity index (χ3n) is 4.53. The number of nitrogens with one attached hydrogen (secondary N) is 1. The molecule has 1 saturated carbocycles. The molecule has 1 aliphatic rings. The van der Waals surface area contributed by atoms with E-state index in [-0.39, 0.29) is 5.95 Å². The molecule has 1 fully saturated rings. The fourth-order valence-electron chi connectivity index (χ4n) is 2.92. The summed E-state index contributed by atoms with van der Waals surface area (Å²) in [6, 6.07) is 5.84. The first-order valence-corrected chi connectivity index (χ1v) is 9.31. The summed E-state index contributed by atoms with van der Waals surface area (Å²) in [5, 5.41) is 13.9. The van der Waals surface area contributed by atoms with Crippen LogP contribution in [-0.2, 0) is 11.8 Å². The second-order valence-electron chi connectivity index (χ2n) is 6.65. The number of thiazole rings is 1. The molecule has 2 heterocycles. The SMILES string of the molecule is Nc1cc(Nc2nccc(C(F)(F)F)n2)cc(-c2cnc(C3(O)CCC3)s2)c1. The van der Waals surface area contributed by atoms with Crippen LogP contribution in [0.3, 0.4) is 0 Å². The van der Waals surface area contributed by atoms with Crippen molar-refractivity contribution < 1.29 is 18.3 Å². The second kappa shape index (κ2) is 6.71. The number of benzene rings is 1. The number of aromatic nitrogens is 3. The number of nitrogens with zero attached hydrogens (tertiary/aromatic N) is 3. The Morgan fingerprint density at radius 2 is 1.96 bits per heavy atom. The summed E-state index contributed by atoms with van der Waals surface area (Å²) in [7, 11) is 0. The van der Waals surface area contributed by atoms with E-state index in [1.54, 1.807) is 24.4 Å². The summed E-state index contributed by atoms with van der Waals surface area (Å²) < 4.78 is 38.5. The summed E-state index contributed by atoms with van der Waals surface area (Å²) in [5.41, 5.74) is 5.68. The minimum Gasteiger partial charge on any atom is -0.399 e. The lowest BCUT2D eigenvalue weighted by Crippen LogP contribution is -2.33. The van der Waals surface area contributed by atoms with Gasteiger partial charge in [0.25, 0.3) is 0 Å². The molecule has 0 saturated heterocycles. The quantitative estimate of drug-likeness (QED) is 0.558. The van der Waals surface area contributed by atoms with Crippen molar-refractivity contribution in [2.75, 3.05) is 11.1 Å². The molecule has 4 N–H and O–H groups in total. The van der Waals surface area contributed by atoms with E-state index in [0.29, 0.717) is 29.2 Å². The van der Waals surface area contributed by atoms with Crippen LogP contribution in [0.1, 0.15) is 30.0 Å². The van der Waals surface area contributed by atoms with Gasteiger partial charge in [0.15, 0.2) is 0 Å². The van der Waals surface area contributed by atoms with E-state index >= 15 is 0 Å². The molecule has 10 heteroatoms. The van der Waals surface area contributed by atoms with Crippen molar-refractivity contribution in [3.8, 4) is 10.4 Å². The predicted molar refractivity (Wildman–Crippen MR) is 100 cm³/mol. The summed E-state index contributed by atoms with van der Waals surface area (Å²) in [5.74, 6) is -0.180. The number of nitrogen functional groups attached to an aromatic ring is 1. The number of halogens is 3. The molecule has 0 spiro atoms. The average Bonchev–Trinajstić information content (AvgIpc) is 3.09. The Kier molecular flexibility index (Phi) is 4.47. The molecule has 0 radical (unpaired) electrons. The van der Waals surface area contributed by atoms with E-state index in [1.165, 1.54) is 11.3 Å². The van der Waals surface area contributed by atoms with Gasteiger partial charge in [0, 0.05) is 23.8 Å². The van der Waals surface area contributed by atoms with E-state index in [4.69, 9.17) is 5.73 Å². The van der Waals surface area contributed by atoms with Crippen LogP contribution in [0.4, 0.5) is 30.5 Å². The lowest BCUT2D eigenvalue weighted by atomic mass is 9.81.